The highest BCUT2D eigenvalue weighted by Gasteiger charge is 2.26. The molecule has 1 atom stereocenters. The summed E-state index contributed by atoms with van der Waals surface area (Å²) >= 11 is 0. The molecule has 0 aliphatic carbocycles. The van der Waals surface area contributed by atoms with E-state index in [4.69, 9.17) is 0 Å². The molecule has 0 bridgehead atoms. The van der Waals surface area contributed by atoms with Crippen molar-refractivity contribution < 1.29 is 4.79 Å². The first kappa shape index (κ1) is 13.8. The van der Waals surface area contributed by atoms with Crippen molar-refractivity contribution >= 4 is 5.91 Å². The van der Waals surface area contributed by atoms with Gasteiger partial charge in [-0.1, -0.05) is 13.8 Å². The maximum absolute atomic E-state index is 12.2. The molecule has 0 fully saturated rings. The summed E-state index contributed by atoms with van der Waals surface area (Å²) in [5.41, 5.74) is 3.78. The molecule has 1 amide bonds. The first-order valence-corrected chi connectivity index (χ1v) is 7.30. The average molecular weight is 284 g/mol. The highest BCUT2D eigenvalue weighted by atomic mass is 16.1. The normalized spacial score (nSPS) is 17.7. The van der Waals surface area contributed by atoms with E-state index in [-0.39, 0.29) is 11.9 Å². The average Bonchev–Trinajstić information content (AvgIpc) is 2.91. The van der Waals surface area contributed by atoms with Gasteiger partial charge in [-0.25, -0.2) is 0 Å². The number of fused-ring (bicyclic) bond motifs is 1. The molecule has 110 valence electrons. The second kappa shape index (κ2) is 5.69. The molecule has 2 aromatic rings. The second-order valence-corrected chi connectivity index (χ2v) is 5.75. The Bertz CT molecular complexity index is 633. The van der Waals surface area contributed by atoms with E-state index >= 15 is 0 Å². The topological polar surface area (TPSA) is 69.8 Å². The molecule has 21 heavy (non-hydrogen) atoms. The summed E-state index contributed by atoms with van der Waals surface area (Å²) in [7, 11) is 0. The molecule has 0 saturated heterocycles. The Hall–Kier alpha value is -2.14. The minimum Gasteiger partial charge on any atom is -0.358 e. The molecule has 1 unspecified atom stereocenters. The molecule has 0 saturated carbocycles. The largest absolute Gasteiger partial charge is 0.358 e. The van der Waals surface area contributed by atoms with Crippen molar-refractivity contribution in [3.63, 3.8) is 0 Å². The summed E-state index contributed by atoms with van der Waals surface area (Å²) in [5.74, 6) is 0.00311. The van der Waals surface area contributed by atoms with Crippen LogP contribution in [0, 0.1) is 0 Å². The van der Waals surface area contributed by atoms with E-state index in [1.807, 2.05) is 18.2 Å². The van der Waals surface area contributed by atoms with Gasteiger partial charge in [0.15, 0.2) is 0 Å². The lowest BCUT2D eigenvalue weighted by molar-refractivity contribution is 0.0924. The molecule has 3 rings (SSSR count). The molecule has 5 nitrogen and oxygen atoms in total. The standard InChI is InChI=1S/C16H20N4O/c1-10(2)18-9-12-7-15-13(16(21)19-12)8-14(20-15)11-3-5-17-6-4-11/h3-6,8,10,12,18,20H,7,9H2,1-2H3,(H,19,21). The Morgan fingerprint density at radius 2 is 2.14 bits per heavy atom. The van der Waals surface area contributed by atoms with Crippen LogP contribution in [0.15, 0.2) is 30.6 Å². The number of nitrogens with zero attached hydrogens (tertiary/aromatic N) is 1. The van der Waals surface area contributed by atoms with Gasteiger partial charge in [-0.15, -0.1) is 0 Å². The predicted octanol–water partition coefficient (Wildman–Crippen LogP) is 1.73. The number of H-pyrrole nitrogens is 1. The molecule has 0 aromatic carbocycles. The molecule has 1 aliphatic rings. The van der Waals surface area contributed by atoms with Crippen LogP contribution in [0.5, 0.6) is 0 Å². The Balaban J connectivity index is 1.81. The zero-order valence-electron chi connectivity index (χ0n) is 12.3. The lowest BCUT2D eigenvalue weighted by Gasteiger charge is -2.24. The maximum atomic E-state index is 12.2. The Morgan fingerprint density at radius 1 is 1.38 bits per heavy atom. The second-order valence-electron chi connectivity index (χ2n) is 5.75. The fraction of sp³-hybridized carbons (Fsp3) is 0.375. The summed E-state index contributed by atoms with van der Waals surface area (Å²) in [4.78, 5) is 19.6. The highest BCUT2D eigenvalue weighted by molar-refractivity contribution is 5.98. The van der Waals surface area contributed by atoms with Crippen LogP contribution in [0.25, 0.3) is 11.3 Å². The number of aromatic nitrogens is 2. The Kier molecular flexibility index (Phi) is 3.75. The van der Waals surface area contributed by atoms with Crippen molar-refractivity contribution in [3.05, 3.63) is 41.9 Å². The lowest BCUT2D eigenvalue weighted by Crippen LogP contribution is -2.48. The van der Waals surface area contributed by atoms with E-state index < -0.39 is 0 Å². The van der Waals surface area contributed by atoms with Gasteiger partial charge in [-0.3, -0.25) is 9.78 Å². The third-order valence-corrected chi connectivity index (χ3v) is 3.69. The smallest absolute Gasteiger partial charge is 0.253 e. The first-order chi connectivity index (χ1) is 10.1. The van der Waals surface area contributed by atoms with Gasteiger partial charge in [0.2, 0.25) is 0 Å². The number of aromatic amines is 1. The molecular formula is C16H20N4O. The summed E-state index contributed by atoms with van der Waals surface area (Å²) in [6, 6.07) is 6.35. The Labute approximate surface area is 124 Å². The quantitative estimate of drug-likeness (QED) is 0.801. The van der Waals surface area contributed by atoms with E-state index in [1.165, 1.54) is 0 Å². The van der Waals surface area contributed by atoms with Crippen LogP contribution in [0.4, 0.5) is 0 Å². The van der Waals surface area contributed by atoms with Crippen molar-refractivity contribution in [1.82, 2.24) is 20.6 Å². The molecule has 0 spiro atoms. The minimum atomic E-state index is 0.00311. The number of carbonyl (C=O) groups excluding carboxylic acids is 1. The SMILES string of the molecule is CC(C)NCC1Cc2[nH]c(-c3ccncc3)cc2C(=O)N1. The van der Waals surface area contributed by atoms with Crippen molar-refractivity contribution in [2.24, 2.45) is 0 Å². The summed E-state index contributed by atoms with van der Waals surface area (Å²) in [6.07, 6.45) is 4.33. The van der Waals surface area contributed by atoms with Gasteiger partial charge in [-0.2, -0.15) is 0 Å². The van der Waals surface area contributed by atoms with Gasteiger partial charge in [0, 0.05) is 54.4 Å². The number of nitrogens with one attached hydrogen (secondary N) is 3. The molecule has 3 N–H and O–H groups in total. The van der Waals surface area contributed by atoms with Gasteiger partial charge in [0.05, 0.1) is 5.56 Å². The van der Waals surface area contributed by atoms with Crippen molar-refractivity contribution in [3.8, 4) is 11.3 Å². The van der Waals surface area contributed by atoms with Crippen LogP contribution >= 0.6 is 0 Å². The van der Waals surface area contributed by atoms with Gasteiger partial charge >= 0.3 is 0 Å². The third-order valence-electron chi connectivity index (χ3n) is 3.69. The minimum absolute atomic E-state index is 0.00311. The molecule has 0 radical (unpaired) electrons. The van der Waals surface area contributed by atoms with Crippen molar-refractivity contribution in [2.75, 3.05) is 6.54 Å². The maximum Gasteiger partial charge on any atom is 0.253 e. The first-order valence-electron chi connectivity index (χ1n) is 7.30. The highest BCUT2D eigenvalue weighted by Crippen LogP contribution is 2.24. The molecule has 3 heterocycles. The molecular weight excluding hydrogens is 264 g/mol. The fourth-order valence-corrected chi connectivity index (χ4v) is 2.61. The van der Waals surface area contributed by atoms with Crippen LogP contribution in [-0.4, -0.2) is 34.5 Å². The number of pyridine rings is 1. The van der Waals surface area contributed by atoms with E-state index in [9.17, 15) is 4.79 Å². The number of amides is 1. The third kappa shape index (κ3) is 2.97. The van der Waals surface area contributed by atoms with E-state index in [2.05, 4.69) is 34.4 Å². The summed E-state index contributed by atoms with van der Waals surface area (Å²) in [6.45, 7) is 4.99. The monoisotopic (exact) mass is 284 g/mol. The van der Waals surface area contributed by atoms with Crippen molar-refractivity contribution in [1.29, 1.82) is 0 Å². The van der Waals surface area contributed by atoms with Crippen molar-refractivity contribution in [2.45, 2.75) is 32.4 Å². The lowest BCUT2D eigenvalue weighted by atomic mass is 10.0. The summed E-state index contributed by atoms with van der Waals surface area (Å²) in [5, 5.41) is 6.43. The number of carbonyl (C=O) groups is 1. The van der Waals surface area contributed by atoms with Crippen LogP contribution in [0.1, 0.15) is 29.9 Å². The number of rotatable bonds is 4. The number of hydrogen-bond acceptors (Lipinski definition) is 3. The molecule has 5 heteroatoms. The van der Waals surface area contributed by atoms with Crippen LogP contribution < -0.4 is 10.6 Å². The summed E-state index contributed by atoms with van der Waals surface area (Å²) < 4.78 is 0. The predicted molar refractivity (Wildman–Crippen MR) is 82.1 cm³/mol. The zero-order valence-corrected chi connectivity index (χ0v) is 12.3. The zero-order chi connectivity index (χ0) is 14.8. The van der Waals surface area contributed by atoms with E-state index in [1.54, 1.807) is 12.4 Å². The fourth-order valence-electron chi connectivity index (χ4n) is 2.61. The molecule has 2 aromatic heterocycles. The molecule has 1 aliphatic heterocycles. The number of hydrogen-bond donors (Lipinski definition) is 3. The van der Waals surface area contributed by atoms with E-state index in [0.29, 0.717) is 6.04 Å². The Morgan fingerprint density at radius 3 is 2.86 bits per heavy atom. The van der Waals surface area contributed by atoms with Gasteiger partial charge in [-0.05, 0) is 18.2 Å². The van der Waals surface area contributed by atoms with Gasteiger partial charge in [0.25, 0.3) is 5.91 Å². The van der Waals surface area contributed by atoms with Crippen LogP contribution in [0.3, 0.4) is 0 Å². The van der Waals surface area contributed by atoms with Crippen LogP contribution in [-0.2, 0) is 6.42 Å². The van der Waals surface area contributed by atoms with Crippen LogP contribution in [0.2, 0.25) is 0 Å². The van der Waals surface area contributed by atoms with Gasteiger partial charge < -0.3 is 15.6 Å². The van der Waals surface area contributed by atoms with E-state index in [0.717, 1.165) is 35.5 Å². The van der Waals surface area contributed by atoms with Gasteiger partial charge in [0.1, 0.15) is 0 Å².